The number of nitrogens with one attached hydrogen (secondary N) is 16. The maximum atomic E-state index is 15.4. The number of carbonyl (C=O) groups excluding carboxylic acids is 16. The SMILES string of the molecule is CC(C)C[C@@H]1NC(=O)[C@@H](Cc2ccccc2)NC(=O)[C@H](CCNC(=O)OC(C)(C)C)NC(=O)[C@@H](NC(=O)[C@H](CCNC(=O)OC(C)(C)C)NC(=O)[C@@H](NC(=O)[C@H](CNC(=O)OC(C)(C)C)NC(=O)OCc2ccccc2)C(C)O)CCNC(=O)[C@H](C(C)O)NC(=O)[C@H](CCNC(=O)OC(C)(C)C)NC(=O)[C@H](CCNC(=O)OC(C)(C)C)NC1=O. The predicted octanol–water partition coefficient (Wildman–Crippen LogP) is 1.40. The second-order valence-electron chi connectivity index (χ2n) is 33.8. The molecule has 2 aromatic rings. The van der Waals surface area contributed by atoms with Crippen molar-refractivity contribution in [3.63, 3.8) is 0 Å². The van der Waals surface area contributed by atoms with Gasteiger partial charge < -0.3 is 124 Å². The Kier molecular flexibility index (Phi) is 41.0. The van der Waals surface area contributed by atoms with Gasteiger partial charge in [0.05, 0.1) is 18.8 Å². The molecule has 1 fully saturated rings. The Hall–Kier alpha value is -11.3. The van der Waals surface area contributed by atoms with E-state index in [1.54, 1.807) is 178 Å². The van der Waals surface area contributed by atoms with Crippen LogP contribution in [-0.4, -0.2) is 246 Å². The van der Waals surface area contributed by atoms with Gasteiger partial charge in [0.15, 0.2) is 0 Å². The minimum absolute atomic E-state index is 0.132. The van der Waals surface area contributed by atoms with E-state index in [-0.39, 0.29) is 26.0 Å². The van der Waals surface area contributed by atoms with Crippen molar-refractivity contribution < 1.29 is 115 Å². The molecule has 1 aliphatic rings. The van der Waals surface area contributed by atoms with E-state index < -0.39 is 267 Å². The number of aliphatic hydroxyl groups is 2. The highest BCUT2D eigenvalue weighted by molar-refractivity contribution is 5.99. The van der Waals surface area contributed by atoms with E-state index in [2.05, 4.69) is 85.1 Å². The first-order valence-corrected chi connectivity index (χ1v) is 39.4. The van der Waals surface area contributed by atoms with E-state index in [9.17, 15) is 67.7 Å². The second kappa shape index (κ2) is 47.9. The van der Waals surface area contributed by atoms with Crippen LogP contribution >= 0.6 is 0 Å². The molecule has 0 radical (unpaired) electrons. The lowest BCUT2D eigenvalue weighted by molar-refractivity contribution is -0.136. The maximum Gasteiger partial charge on any atom is 0.408 e. The van der Waals surface area contributed by atoms with Gasteiger partial charge in [0, 0.05) is 39.1 Å². The lowest BCUT2D eigenvalue weighted by atomic mass is 10.00. The molecule has 0 aliphatic carbocycles. The number of benzene rings is 2. The Morgan fingerprint density at radius 1 is 0.420 bits per heavy atom. The molecular formula is C79H126N16O24. The maximum absolute atomic E-state index is 15.4. The zero-order valence-corrected chi connectivity index (χ0v) is 71.6. The summed E-state index contributed by atoms with van der Waals surface area (Å²) in [5.41, 5.74) is -4.10. The monoisotopic (exact) mass is 1680 g/mol. The highest BCUT2D eigenvalue weighted by atomic mass is 16.6. The molecule has 0 saturated carbocycles. The van der Waals surface area contributed by atoms with Crippen LogP contribution in [0.2, 0.25) is 0 Å². The van der Waals surface area contributed by atoms with Gasteiger partial charge in [-0.05, 0) is 173 Å². The number of alkyl carbamates (subject to hydrolysis) is 6. The summed E-state index contributed by atoms with van der Waals surface area (Å²) in [5, 5.41) is 62.3. The van der Waals surface area contributed by atoms with Crippen molar-refractivity contribution >= 4 is 95.6 Å². The average Bonchev–Trinajstić information content (AvgIpc) is 1.24. The van der Waals surface area contributed by atoms with Gasteiger partial charge in [-0.15, -0.1) is 0 Å². The first kappa shape index (κ1) is 102. The molecule has 0 bridgehead atoms. The van der Waals surface area contributed by atoms with Crippen molar-refractivity contribution in [1.29, 1.82) is 0 Å². The van der Waals surface area contributed by atoms with Crippen LogP contribution in [0, 0.1) is 5.92 Å². The van der Waals surface area contributed by atoms with Gasteiger partial charge in [-0.3, -0.25) is 47.9 Å². The summed E-state index contributed by atoms with van der Waals surface area (Å²) >= 11 is 0. The number of hydrogen-bond acceptors (Lipinski definition) is 24. The van der Waals surface area contributed by atoms with Crippen LogP contribution in [0.4, 0.5) is 28.8 Å². The molecule has 1 saturated heterocycles. The normalized spacial score (nSPS) is 19.7. The smallest absolute Gasteiger partial charge is 0.408 e. The van der Waals surface area contributed by atoms with Crippen molar-refractivity contribution in [1.82, 2.24) is 85.1 Å². The minimum Gasteiger partial charge on any atom is -0.445 e. The molecule has 40 nitrogen and oxygen atoms in total. The summed E-state index contributed by atoms with van der Waals surface area (Å²) in [6, 6.07) is -1.48. The number of aliphatic hydroxyl groups excluding tert-OH is 2. The van der Waals surface area contributed by atoms with Crippen LogP contribution in [0.15, 0.2) is 60.7 Å². The number of amides is 16. The lowest BCUT2D eigenvalue weighted by Crippen LogP contribution is -2.62. The molecule has 3 rings (SSSR count). The molecule has 2 aromatic carbocycles. The first-order chi connectivity index (χ1) is 55.2. The number of hydrogen-bond donors (Lipinski definition) is 18. The van der Waals surface area contributed by atoms with E-state index >= 15 is 19.2 Å². The van der Waals surface area contributed by atoms with E-state index in [0.717, 1.165) is 13.8 Å². The molecule has 1 aliphatic heterocycles. The predicted molar refractivity (Wildman–Crippen MR) is 431 cm³/mol. The van der Waals surface area contributed by atoms with Crippen molar-refractivity contribution in [2.45, 2.75) is 284 Å². The molecule has 2 unspecified atom stereocenters. The zero-order valence-electron chi connectivity index (χ0n) is 71.6. The van der Waals surface area contributed by atoms with Crippen LogP contribution in [-0.2, 0) is 89.4 Å². The summed E-state index contributed by atoms with van der Waals surface area (Å²) < 4.78 is 32.2. The molecule has 18 N–H and O–H groups in total. The minimum atomic E-state index is -2.04. The van der Waals surface area contributed by atoms with Crippen molar-refractivity contribution in [3.05, 3.63) is 71.8 Å². The van der Waals surface area contributed by atoms with Gasteiger partial charge in [-0.2, -0.15) is 0 Å². The van der Waals surface area contributed by atoms with Crippen LogP contribution < -0.4 is 85.1 Å². The van der Waals surface area contributed by atoms with Gasteiger partial charge in [0.2, 0.25) is 59.1 Å². The summed E-state index contributed by atoms with van der Waals surface area (Å²) in [6.45, 7) is 25.9. The molecule has 0 aromatic heterocycles. The average molecular weight is 1680 g/mol. The van der Waals surface area contributed by atoms with Crippen molar-refractivity contribution in [2.75, 3.05) is 39.3 Å². The second-order valence-corrected chi connectivity index (χ2v) is 33.8. The third-order valence-electron chi connectivity index (χ3n) is 16.4. The van der Waals surface area contributed by atoms with Crippen LogP contribution in [0.5, 0.6) is 0 Å². The molecule has 666 valence electrons. The zero-order chi connectivity index (χ0) is 89.9. The van der Waals surface area contributed by atoms with E-state index in [1.165, 1.54) is 0 Å². The Labute approximate surface area is 694 Å². The van der Waals surface area contributed by atoms with Crippen molar-refractivity contribution in [2.24, 2.45) is 5.92 Å². The molecule has 40 heteroatoms. The van der Waals surface area contributed by atoms with E-state index in [0.29, 0.717) is 11.1 Å². The summed E-state index contributed by atoms with van der Waals surface area (Å²) in [5.74, 6) is -12.0. The highest BCUT2D eigenvalue weighted by Crippen LogP contribution is 2.16. The van der Waals surface area contributed by atoms with Gasteiger partial charge in [0.1, 0.15) is 95.0 Å². The molecule has 12 atom stereocenters. The van der Waals surface area contributed by atoms with E-state index in [1.807, 2.05) is 0 Å². The van der Waals surface area contributed by atoms with Gasteiger partial charge >= 0.3 is 36.6 Å². The summed E-state index contributed by atoms with van der Waals surface area (Å²) in [7, 11) is 0. The number of ether oxygens (including phenoxy) is 6. The van der Waals surface area contributed by atoms with Crippen LogP contribution in [0.3, 0.4) is 0 Å². The number of rotatable bonds is 29. The quantitative estimate of drug-likeness (QED) is 0.0512. The van der Waals surface area contributed by atoms with Crippen LogP contribution in [0.25, 0.3) is 0 Å². The third kappa shape index (κ3) is 42.6. The van der Waals surface area contributed by atoms with Gasteiger partial charge in [0.25, 0.3) is 0 Å². The Bertz CT molecular complexity index is 3740. The van der Waals surface area contributed by atoms with E-state index in [4.69, 9.17) is 28.4 Å². The fourth-order valence-electron chi connectivity index (χ4n) is 10.9. The molecule has 1 heterocycles. The Balaban J connectivity index is 2.38. The largest absolute Gasteiger partial charge is 0.445 e. The fourth-order valence-corrected chi connectivity index (χ4v) is 10.9. The Morgan fingerprint density at radius 2 is 0.807 bits per heavy atom. The third-order valence-corrected chi connectivity index (χ3v) is 16.4. The Morgan fingerprint density at radius 3 is 1.24 bits per heavy atom. The van der Waals surface area contributed by atoms with Crippen LogP contribution in [0.1, 0.15) is 181 Å². The standard InChI is InChI=1S/C79H126N16O24/c1-44(2)40-54-64(103)89-50(31-36-81-69(108)115-75(5,6)7)60(99)88-53(34-39-84-72(111)118-78(14,15)16)63(102)94-57(45(3)96)67(106)80-35-30-49(59(98)87-51(32-37-82-70(109)116-76(8,9)10)62(101)92-55(65(104)91-54)41-47-26-22-20-23-27-47)86-61(100)52(33-38-83-71(110)117-77(11,12)13)90-68(107)58(46(4)97)95-66(105)56(42-85-73(112)119-79(17,18)19)93-74(113)114-43-48-28-24-21-25-29-48/h20-29,44-46,49-58,96-97H,30-43H2,1-19H3,(H,80,106)(H,81,108)(H,82,109)(H,83,110)(H,84,111)(H,85,112)(H,86,100)(H,87,98)(H,88,99)(H,89,103)(H,90,107)(H,91,104)(H,92,101)(H,93,113)(H,94,102)(H,95,105)/t45?,46?,49-,50-,51-,52-,53-,54-,55+,56-,57-,58-/m0/s1. The summed E-state index contributed by atoms with van der Waals surface area (Å²) in [4.78, 5) is 227. The molecule has 16 amide bonds. The molecular weight excluding hydrogens is 1560 g/mol. The molecule has 0 spiro atoms. The topological polar surface area (TPSA) is 561 Å². The lowest BCUT2D eigenvalue weighted by Gasteiger charge is -2.29. The summed E-state index contributed by atoms with van der Waals surface area (Å²) in [6.07, 6.45) is -12.8. The fraction of sp³-hybridized carbons (Fsp3) is 0.646. The van der Waals surface area contributed by atoms with Gasteiger partial charge in [-0.1, -0.05) is 74.5 Å². The molecule has 119 heavy (non-hydrogen) atoms. The first-order valence-electron chi connectivity index (χ1n) is 39.4. The highest BCUT2D eigenvalue weighted by Gasteiger charge is 2.40. The van der Waals surface area contributed by atoms with Gasteiger partial charge in [-0.25, -0.2) is 28.8 Å². The number of carbonyl (C=O) groups is 16. The van der Waals surface area contributed by atoms with Crippen molar-refractivity contribution in [3.8, 4) is 0 Å².